The Labute approximate surface area is 353 Å². The van der Waals surface area contributed by atoms with Crippen molar-refractivity contribution < 1.29 is 48.7 Å². The number of phenolic OH excluding ortho intramolecular Hbond substituents is 2. The number of aldehydes is 1. The quantitative estimate of drug-likeness (QED) is 0.0104. The van der Waals surface area contributed by atoms with Gasteiger partial charge in [-0.1, -0.05) is 86.1 Å². The summed E-state index contributed by atoms with van der Waals surface area (Å²) in [4.78, 5) is 54.7. The largest absolute Gasteiger partial charge is 0.507 e. The molecule has 4 atom stereocenters. The number of allylic oxidation sites excluding steroid dienone is 5. The Kier molecular flexibility index (Phi) is 22.6. The standard InChI is InChI=1S/C42H50N2O10.2C2H6.CH4O/c1-22(2)28-17-18-29-31(20-28)54-41-35(44-29)32-33(39(50)36(41)43-8)37(48)26(6)38(49)34(32)42(51)52-19-11-15-25(5)40(53-27(7)46)30(47)16-10-13-23(3)12-9-14-24(4)21-45;3*1-2/h9,11-12,14,17-23,25,30,40,43,47,49-50H,10,13,15-16H2,1-8H3;2*1-2H3;2H,1H3/b12-9+,19-11+,24-14+;;;/t23?,25-,30?,40?;;;/m0.../s1. The first-order chi connectivity index (χ1) is 28.6. The van der Waals surface area contributed by atoms with E-state index < -0.39 is 41.1 Å². The first kappa shape index (κ1) is 52.5. The van der Waals surface area contributed by atoms with Crippen molar-refractivity contribution in [3.8, 4) is 11.5 Å². The maximum absolute atomic E-state index is 13.7. The zero-order chi connectivity index (χ0) is 45.9. The van der Waals surface area contributed by atoms with E-state index in [0.717, 1.165) is 31.6 Å². The van der Waals surface area contributed by atoms with E-state index in [1.165, 1.54) is 19.9 Å². The van der Waals surface area contributed by atoms with E-state index in [2.05, 4.69) is 5.32 Å². The van der Waals surface area contributed by atoms with Crippen molar-refractivity contribution in [3.63, 3.8) is 0 Å². The topological polar surface area (TPSA) is 206 Å². The van der Waals surface area contributed by atoms with Gasteiger partial charge in [-0.05, 0) is 80.2 Å². The van der Waals surface area contributed by atoms with Crippen LogP contribution in [0.3, 0.4) is 0 Å². The van der Waals surface area contributed by atoms with Crippen LogP contribution in [0, 0.1) is 18.8 Å². The van der Waals surface area contributed by atoms with Crippen molar-refractivity contribution in [1.82, 2.24) is 4.98 Å². The molecular formula is C47H66N2O11. The fraction of sp³-hybridized carbons (Fsp3) is 0.468. The Morgan fingerprint density at radius 3 is 2.22 bits per heavy atom. The molecule has 0 fully saturated rings. The van der Waals surface area contributed by atoms with Crippen molar-refractivity contribution in [2.45, 2.75) is 120 Å². The lowest BCUT2D eigenvalue weighted by atomic mass is 9.92. The van der Waals surface area contributed by atoms with Crippen LogP contribution in [-0.2, 0) is 19.1 Å². The van der Waals surface area contributed by atoms with Crippen molar-refractivity contribution in [2.24, 2.45) is 11.8 Å². The Morgan fingerprint density at radius 1 is 0.983 bits per heavy atom. The number of hydrogen-bond acceptors (Lipinski definition) is 13. The number of aliphatic hydroxyl groups is 2. The van der Waals surface area contributed by atoms with Crippen molar-refractivity contribution >= 4 is 56.9 Å². The molecule has 3 unspecified atom stereocenters. The average Bonchev–Trinajstić information content (AvgIpc) is 3.24. The maximum atomic E-state index is 13.7. The molecule has 5 N–H and O–H groups in total. The number of phenols is 2. The molecule has 0 aliphatic heterocycles. The van der Waals surface area contributed by atoms with Gasteiger partial charge in [-0.3, -0.25) is 14.4 Å². The van der Waals surface area contributed by atoms with Crippen LogP contribution < -0.4 is 10.7 Å². The van der Waals surface area contributed by atoms with Gasteiger partial charge >= 0.3 is 11.9 Å². The van der Waals surface area contributed by atoms with Crippen molar-refractivity contribution in [2.75, 3.05) is 19.5 Å². The monoisotopic (exact) mass is 834 g/mol. The third kappa shape index (κ3) is 13.2. The van der Waals surface area contributed by atoms with E-state index in [1.54, 1.807) is 33.0 Å². The number of esters is 2. The number of fused-ring (bicyclic) bond motifs is 4. The summed E-state index contributed by atoms with van der Waals surface area (Å²) in [5, 5.41) is 43.1. The third-order valence-electron chi connectivity index (χ3n) is 9.53. The number of nitrogens with one attached hydrogen (secondary N) is 1. The minimum atomic E-state index is -1.02. The molecule has 0 bridgehead atoms. The van der Waals surface area contributed by atoms with E-state index >= 15 is 0 Å². The van der Waals surface area contributed by atoms with Gasteiger partial charge in [0, 0.05) is 32.0 Å². The number of carbonyl (C=O) groups excluding carboxylic acids is 3. The van der Waals surface area contributed by atoms with E-state index in [0.29, 0.717) is 29.5 Å². The fourth-order valence-electron chi connectivity index (χ4n) is 6.38. The van der Waals surface area contributed by atoms with Gasteiger partial charge in [0.15, 0.2) is 22.3 Å². The van der Waals surface area contributed by atoms with Gasteiger partial charge in [-0.2, -0.15) is 0 Å². The van der Waals surface area contributed by atoms with Crippen LogP contribution >= 0.6 is 0 Å². The summed E-state index contributed by atoms with van der Waals surface area (Å²) in [6.45, 7) is 20.2. The van der Waals surface area contributed by atoms with Gasteiger partial charge in [0.1, 0.15) is 40.4 Å². The number of benzene rings is 3. The van der Waals surface area contributed by atoms with Crippen LogP contribution in [0.2, 0.25) is 0 Å². The van der Waals surface area contributed by atoms with Crippen LogP contribution in [0.25, 0.3) is 33.0 Å². The van der Waals surface area contributed by atoms with E-state index in [1.807, 2.05) is 72.8 Å². The van der Waals surface area contributed by atoms with Crippen molar-refractivity contribution in [3.05, 3.63) is 81.3 Å². The van der Waals surface area contributed by atoms with Gasteiger partial charge in [0.25, 0.3) is 0 Å². The summed E-state index contributed by atoms with van der Waals surface area (Å²) in [5.41, 5.74) is 1.43. The number of anilines is 1. The lowest BCUT2D eigenvalue weighted by Crippen LogP contribution is -2.36. The highest BCUT2D eigenvalue weighted by atomic mass is 16.6. The van der Waals surface area contributed by atoms with Crippen LogP contribution in [0.4, 0.5) is 5.69 Å². The number of aromatic hydroxyl groups is 2. The second-order valence-corrected chi connectivity index (χ2v) is 14.1. The summed E-state index contributed by atoms with van der Waals surface area (Å²) in [7, 11) is 2.55. The lowest BCUT2D eigenvalue weighted by molar-refractivity contribution is -0.156. The maximum Gasteiger partial charge on any atom is 0.347 e. The highest BCUT2D eigenvalue weighted by Crippen LogP contribution is 2.44. The average molecular weight is 835 g/mol. The number of rotatable bonds is 16. The smallest absolute Gasteiger partial charge is 0.347 e. The predicted octanol–water partition coefficient (Wildman–Crippen LogP) is 9.54. The highest BCUT2D eigenvalue weighted by molar-refractivity contribution is 6.21. The minimum absolute atomic E-state index is 0.0577. The second-order valence-electron chi connectivity index (χ2n) is 14.1. The molecule has 1 heterocycles. The first-order valence-corrected chi connectivity index (χ1v) is 20.5. The molecule has 13 nitrogen and oxygen atoms in total. The Morgan fingerprint density at radius 2 is 1.63 bits per heavy atom. The Balaban J connectivity index is 0.00000287. The van der Waals surface area contributed by atoms with Crippen LogP contribution in [0.1, 0.15) is 122 Å². The van der Waals surface area contributed by atoms with E-state index in [-0.39, 0.29) is 62.9 Å². The summed E-state index contributed by atoms with van der Waals surface area (Å²) >= 11 is 0. The number of ether oxygens (including phenoxy) is 2. The molecule has 3 aromatic carbocycles. The molecule has 0 saturated carbocycles. The molecule has 0 aliphatic rings. The van der Waals surface area contributed by atoms with Crippen LogP contribution in [0.5, 0.6) is 11.5 Å². The fourth-order valence-corrected chi connectivity index (χ4v) is 6.38. The molecular weight excluding hydrogens is 769 g/mol. The molecule has 0 amide bonds. The SMILES string of the molecule is CC.CC.CNc1c(O)c2c(=O)c(C)c(O)c(C(=O)O/C=C/C[C@H](C)C(OC(C)=O)C(O)CCCC(C)/C=C/C=C(\C)C=O)c2c2nc3ccc(C(C)C)cc3oc12.CO. The molecule has 4 aromatic rings. The normalized spacial score (nSPS) is 13.4. The summed E-state index contributed by atoms with van der Waals surface area (Å²) in [5.74, 6) is -2.63. The molecule has 1 aromatic heterocycles. The second kappa shape index (κ2) is 25.8. The minimum Gasteiger partial charge on any atom is -0.507 e. The van der Waals surface area contributed by atoms with Gasteiger partial charge in [0.2, 0.25) is 0 Å². The predicted molar refractivity (Wildman–Crippen MR) is 240 cm³/mol. The van der Waals surface area contributed by atoms with Gasteiger partial charge in [-0.25, -0.2) is 9.78 Å². The molecule has 13 heteroatoms. The third-order valence-corrected chi connectivity index (χ3v) is 9.53. The molecule has 0 saturated heterocycles. The van der Waals surface area contributed by atoms with Gasteiger partial charge in [0.05, 0.1) is 17.8 Å². The number of aromatic nitrogens is 1. The number of nitrogens with zero attached hydrogens (tertiary/aromatic N) is 1. The number of hydrogen-bond donors (Lipinski definition) is 5. The van der Waals surface area contributed by atoms with Crippen molar-refractivity contribution in [1.29, 1.82) is 0 Å². The molecule has 0 radical (unpaired) electrons. The van der Waals surface area contributed by atoms with E-state index in [9.17, 15) is 34.5 Å². The number of carbonyl (C=O) groups is 3. The lowest BCUT2D eigenvalue weighted by Gasteiger charge is -2.27. The molecule has 4 rings (SSSR count). The first-order valence-electron chi connectivity index (χ1n) is 20.5. The highest BCUT2D eigenvalue weighted by Gasteiger charge is 2.30. The van der Waals surface area contributed by atoms with Crippen LogP contribution in [0.15, 0.2) is 63.6 Å². The Bertz CT molecular complexity index is 2200. The molecule has 0 aliphatic carbocycles. The Hall–Kier alpha value is -5.53. The zero-order valence-corrected chi connectivity index (χ0v) is 37.5. The van der Waals surface area contributed by atoms with Gasteiger partial charge in [-0.15, -0.1) is 0 Å². The van der Waals surface area contributed by atoms with Gasteiger partial charge < -0.3 is 39.6 Å². The van der Waals surface area contributed by atoms with E-state index in [4.69, 9.17) is 24.0 Å². The van der Waals surface area contributed by atoms with Crippen LogP contribution in [-0.4, -0.2) is 70.0 Å². The summed E-state index contributed by atoms with van der Waals surface area (Å²) in [6, 6.07) is 5.49. The summed E-state index contributed by atoms with van der Waals surface area (Å²) < 4.78 is 17.2. The zero-order valence-electron chi connectivity index (χ0n) is 37.5. The molecule has 330 valence electrons. The molecule has 60 heavy (non-hydrogen) atoms. The number of aliphatic hydroxyl groups excluding tert-OH is 2. The molecule has 0 spiro atoms. The summed E-state index contributed by atoms with van der Waals surface area (Å²) in [6.07, 6.45) is 9.28.